The molecule has 2 aromatic rings. The molecule has 1 unspecified atom stereocenters. The van der Waals surface area contributed by atoms with Crippen LogP contribution in [0.5, 0.6) is 11.5 Å². The first-order valence-corrected chi connectivity index (χ1v) is 6.44. The topological polar surface area (TPSA) is 55.5 Å². The number of aliphatic hydroxyl groups excluding tert-OH is 1. The molecule has 106 valence electrons. The van der Waals surface area contributed by atoms with E-state index >= 15 is 0 Å². The van der Waals surface area contributed by atoms with Crippen LogP contribution >= 0.6 is 0 Å². The minimum atomic E-state index is -0.322. The number of hydrogen-bond acceptors (Lipinski definition) is 3. The molecule has 0 aliphatic heterocycles. The molecule has 0 saturated heterocycles. The van der Waals surface area contributed by atoms with Crippen LogP contribution < -0.4 is 10.5 Å². The Hall–Kier alpha value is -1.91. The molecule has 3 N–H and O–H groups in total. The maximum absolute atomic E-state index is 13.6. The highest BCUT2D eigenvalue weighted by atomic mass is 19.1. The first kappa shape index (κ1) is 14.5. The lowest BCUT2D eigenvalue weighted by Gasteiger charge is -2.15. The summed E-state index contributed by atoms with van der Waals surface area (Å²) in [7, 11) is 0. The fraction of sp³-hybridized carbons (Fsp3) is 0.250. The molecule has 0 amide bonds. The standard InChI is InChI=1S/C16H18FNO2/c1-10-7-16(14(11(2)18)8-15(10)17)20-13-5-3-12(9-19)4-6-13/h3-8,11,19H,9,18H2,1-2H3. The predicted molar refractivity (Wildman–Crippen MR) is 76.2 cm³/mol. The highest BCUT2D eigenvalue weighted by molar-refractivity contribution is 5.43. The number of benzene rings is 2. The molecular formula is C16H18FNO2. The van der Waals surface area contributed by atoms with Gasteiger partial charge >= 0.3 is 0 Å². The molecule has 0 fully saturated rings. The van der Waals surface area contributed by atoms with E-state index in [1.54, 1.807) is 44.2 Å². The lowest BCUT2D eigenvalue weighted by Crippen LogP contribution is -2.08. The van der Waals surface area contributed by atoms with Crippen molar-refractivity contribution < 1.29 is 14.2 Å². The van der Waals surface area contributed by atoms with Gasteiger partial charge in [0.05, 0.1) is 6.61 Å². The summed E-state index contributed by atoms with van der Waals surface area (Å²) in [6.07, 6.45) is 0. The van der Waals surface area contributed by atoms with Crippen LogP contribution in [-0.4, -0.2) is 5.11 Å². The maximum atomic E-state index is 13.6. The van der Waals surface area contributed by atoms with Crippen molar-refractivity contribution in [3.8, 4) is 11.5 Å². The third-order valence-electron chi connectivity index (χ3n) is 3.12. The largest absolute Gasteiger partial charge is 0.457 e. The average molecular weight is 275 g/mol. The van der Waals surface area contributed by atoms with Gasteiger partial charge in [-0.3, -0.25) is 0 Å². The van der Waals surface area contributed by atoms with E-state index in [1.807, 2.05) is 0 Å². The molecule has 1 atom stereocenters. The Kier molecular flexibility index (Phi) is 4.37. The van der Waals surface area contributed by atoms with E-state index in [4.69, 9.17) is 15.6 Å². The van der Waals surface area contributed by atoms with Gasteiger partial charge in [0, 0.05) is 11.6 Å². The van der Waals surface area contributed by atoms with Gasteiger partial charge in [0.15, 0.2) is 0 Å². The van der Waals surface area contributed by atoms with Crippen molar-refractivity contribution in [1.29, 1.82) is 0 Å². The Balaban J connectivity index is 2.33. The van der Waals surface area contributed by atoms with Gasteiger partial charge < -0.3 is 15.6 Å². The molecule has 2 rings (SSSR count). The molecule has 0 spiro atoms. The van der Waals surface area contributed by atoms with E-state index in [0.29, 0.717) is 22.6 Å². The number of aliphatic hydroxyl groups is 1. The Labute approximate surface area is 117 Å². The highest BCUT2D eigenvalue weighted by Gasteiger charge is 2.13. The minimum absolute atomic E-state index is 0.0129. The first-order valence-electron chi connectivity index (χ1n) is 6.44. The van der Waals surface area contributed by atoms with E-state index < -0.39 is 0 Å². The molecular weight excluding hydrogens is 257 g/mol. The molecule has 4 heteroatoms. The van der Waals surface area contributed by atoms with E-state index in [0.717, 1.165) is 5.56 Å². The zero-order chi connectivity index (χ0) is 14.7. The lowest BCUT2D eigenvalue weighted by atomic mass is 10.0. The number of halogens is 1. The summed E-state index contributed by atoms with van der Waals surface area (Å²) in [6, 6.07) is 9.81. The van der Waals surface area contributed by atoms with Crippen LogP contribution in [0.3, 0.4) is 0 Å². The Morgan fingerprint density at radius 1 is 1.25 bits per heavy atom. The third-order valence-corrected chi connectivity index (χ3v) is 3.12. The lowest BCUT2D eigenvalue weighted by molar-refractivity contribution is 0.281. The van der Waals surface area contributed by atoms with Crippen molar-refractivity contribution in [2.45, 2.75) is 26.5 Å². The summed E-state index contributed by atoms with van der Waals surface area (Å²) < 4.78 is 19.4. The van der Waals surface area contributed by atoms with Crippen LogP contribution in [-0.2, 0) is 6.61 Å². The molecule has 0 saturated carbocycles. The molecule has 0 radical (unpaired) electrons. The summed E-state index contributed by atoms with van der Waals surface area (Å²) >= 11 is 0. The van der Waals surface area contributed by atoms with Crippen LogP contribution in [0, 0.1) is 12.7 Å². The smallest absolute Gasteiger partial charge is 0.132 e. The monoisotopic (exact) mass is 275 g/mol. The number of rotatable bonds is 4. The summed E-state index contributed by atoms with van der Waals surface area (Å²) in [6.45, 7) is 3.45. The van der Waals surface area contributed by atoms with E-state index in [-0.39, 0.29) is 18.5 Å². The highest BCUT2D eigenvalue weighted by Crippen LogP contribution is 2.31. The summed E-state index contributed by atoms with van der Waals surface area (Å²) in [5.74, 6) is 0.881. The van der Waals surface area contributed by atoms with Gasteiger partial charge in [-0.2, -0.15) is 0 Å². The molecule has 3 nitrogen and oxygen atoms in total. The van der Waals surface area contributed by atoms with E-state index in [2.05, 4.69) is 0 Å². The predicted octanol–water partition coefficient (Wildman–Crippen LogP) is 3.44. The van der Waals surface area contributed by atoms with Gasteiger partial charge in [0.25, 0.3) is 0 Å². The van der Waals surface area contributed by atoms with Crippen molar-refractivity contribution in [3.05, 3.63) is 58.9 Å². The molecule has 0 bridgehead atoms. The zero-order valence-corrected chi connectivity index (χ0v) is 11.6. The van der Waals surface area contributed by atoms with Crippen molar-refractivity contribution in [2.24, 2.45) is 5.73 Å². The van der Waals surface area contributed by atoms with Gasteiger partial charge in [-0.1, -0.05) is 12.1 Å². The second-order valence-corrected chi connectivity index (χ2v) is 4.83. The normalized spacial score (nSPS) is 12.2. The Bertz CT molecular complexity index is 594. The van der Waals surface area contributed by atoms with Crippen molar-refractivity contribution in [3.63, 3.8) is 0 Å². The SMILES string of the molecule is Cc1cc(Oc2ccc(CO)cc2)c(C(C)N)cc1F. The minimum Gasteiger partial charge on any atom is -0.457 e. The van der Waals surface area contributed by atoms with Crippen LogP contribution in [0.2, 0.25) is 0 Å². The number of hydrogen-bond donors (Lipinski definition) is 2. The molecule has 20 heavy (non-hydrogen) atoms. The van der Waals surface area contributed by atoms with E-state index in [1.165, 1.54) is 6.07 Å². The second-order valence-electron chi connectivity index (χ2n) is 4.83. The van der Waals surface area contributed by atoms with Gasteiger partial charge in [-0.15, -0.1) is 0 Å². The Morgan fingerprint density at radius 3 is 2.45 bits per heavy atom. The zero-order valence-electron chi connectivity index (χ0n) is 11.6. The first-order chi connectivity index (χ1) is 9.51. The molecule has 0 aliphatic rings. The molecule has 0 aliphatic carbocycles. The summed E-state index contributed by atoms with van der Waals surface area (Å²) in [5.41, 5.74) is 7.79. The van der Waals surface area contributed by atoms with Gasteiger partial charge in [-0.25, -0.2) is 4.39 Å². The number of ether oxygens (including phenoxy) is 1. The van der Waals surface area contributed by atoms with Crippen LogP contribution in [0.15, 0.2) is 36.4 Å². The van der Waals surface area contributed by atoms with Crippen molar-refractivity contribution in [1.82, 2.24) is 0 Å². The number of aryl methyl sites for hydroxylation is 1. The summed E-state index contributed by atoms with van der Waals surface area (Å²) in [5, 5.41) is 9.00. The summed E-state index contributed by atoms with van der Waals surface area (Å²) in [4.78, 5) is 0. The fourth-order valence-corrected chi connectivity index (χ4v) is 1.90. The molecule has 0 aromatic heterocycles. The van der Waals surface area contributed by atoms with E-state index in [9.17, 15) is 4.39 Å². The van der Waals surface area contributed by atoms with Crippen LogP contribution in [0.25, 0.3) is 0 Å². The van der Waals surface area contributed by atoms with Crippen LogP contribution in [0.4, 0.5) is 4.39 Å². The van der Waals surface area contributed by atoms with Gasteiger partial charge in [0.1, 0.15) is 17.3 Å². The van der Waals surface area contributed by atoms with Crippen molar-refractivity contribution in [2.75, 3.05) is 0 Å². The Morgan fingerprint density at radius 2 is 1.90 bits per heavy atom. The number of nitrogens with two attached hydrogens (primary N) is 1. The maximum Gasteiger partial charge on any atom is 0.132 e. The van der Waals surface area contributed by atoms with Gasteiger partial charge in [-0.05, 0) is 49.2 Å². The fourth-order valence-electron chi connectivity index (χ4n) is 1.90. The second kappa shape index (κ2) is 6.03. The molecule has 2 aromatic carbocycles. The van der Waals surface area contributed by atoms with Crippen molar-refractivity contribution >= 4 is 0 Å². The quantitative estimate of drug-likeness (QED) is 0.898. The third kappa shape index (κ3) is 3.15. The molecule has 0 heterocycles. The van der Waals surface area contributed by atoms with Crippen LogP contribution in [0.1, 0.15) is 29.7 Å². The van der Waals surface area contributed by atoms with Gasteiger partial charge in [0.2, 0.25) is 0 Å². The average Bonchev–Trinajstić information content (AvgIpc) is 2.43.